The Kier molecular flexibility index (Phi) is 3.97. The molecule has 3 unspecified atom stereocenters. The number of fused-ring (bicyclic) bond motifs is 2. The quantitative estimate of drug-likeness (QED) is 0.619. The van der Waals surface area contributed by atoms with E-state index < -0.39 is 5.41 Å². The van der Waals surface area contributed by atoms with Crippen LogP contribution in [0.4, 0.5) is 0 Å². The van der Waals surface area contributed by atoms with Gasteiger partial charge in [-0.1, -0.05) is 25.0 Å². The Labute approximate surface area is 142 Å². The van der Waals surface area contributed by atoms with Gasteiger partial charge < -0.3 is 5.32 Å². The van der Waals surface area contributed by atoms with Crippen molar-refractivity contribution in [1.29, 1.82) is 0 Å². The molecule has 4 aliphatic rings. The number of hydrogen-bond acceptors (Lipinski definition) is 3. The Bertz CT molecular complexity index is 591. The maximum Gasteiger partial charge on any atom is 0.235 e. The second-order valence-corrected chi connectivity index (χ2v) is 8.11. The molecule has 1 spiro atoms. The number of amides is 3. The van der Waals surface area contributed by atoms with Gasteiger partial charge in [-0.2, -0.15) is 0 Å². The zero-order chi connectivity index (χ0) is 16.7. The van der Waals surface area contributed by atoms with E-state index in [4.69, 9.17) is 0 Å². The van der Waals surface area contributed by atoms with Crippen LogP contribution >= 0.6 is 0 Å². The Balaban J connectivity index is 1.24. The number of imide groups is 1. The average molecular weight is 330 g/mol. The summed E-state index contributed by atoms with van der Waals surface area (Å²) in [6, 6.07) is 0. The van der Waals surface area contributed by atoms with E-state index in [1.54, 1.807) is 0 Å². The fourth-order valence-electron chi connectivity index (χ4n) is 5.20. The predicted octanol–water partition coefficient (Wildman–Crippen LogP) is 2.02. The first-order valence-electron chi connectivity index (χ1n) is 9.37. The molecule has 0 aromatic heterocycles. The Morgan fingerprint density at radius 3 is 2.67 bits per heavy atom. The van der Waals surface area contributed by atoms with Gasteiger partial charge in [0.25, 0.3) is 0 Å². The van der Waals surface area contributed by atoms with Gasteiger partial charge in [0.15, 0.2) is 0 Å². The van der Waals surface area contributed by atoms with Gasteiger partial charge >= 0.3 is 0 Å². The molecule has 1 aliphatic heterocycles. The molecule has 0 aromatic carbocycles. The molecule has 24 heavy (non-hydrogen) atoms. The molecule has 1 N–H and O–H groups in total. The van der Waals surface area contributed by atoms with Crippen molar-refractivity contribution in [3.05, 3.63) is 12.2 Å². The molecule has 3 aliphatic carbocycles. The zero-order valence-corrected chi connectivity index (χ0v) is 14.1. The summed E-state index contributed by atoms with van der Waals surface area (Å²) in [5.41, 5.74) is -0.428. The van der Waals surface area contributed by atoms with Crippen LogP contribution in [0.1, 0.15) is 51.4 Å². The van der Waals surface area contributed by atoms with Crippen LogP contribution in [0.25, 0.3) is 0 Å². The highest BCUT2D eigenvalue weighted by Gasteiger charge is 2.52. The van der Waals surface area contributed by atoms with Crippen LogP contribution in [0.2, 0.25) is 0 Å². The standard InChI is InChI=1S/C19H26N2O3/c22-16(20-12-15-10-13-3-4-14(15)9-13)5-8-21-17(23)11-19(18(21)24)6-1-2-7-19/h3-4,13-15H,1-2,5-12H2,(H,20,22). The van der Waals surface area contributed by atoms with E-state index in [0.717, 1.165) is 32.2 Å². The number of carbonyl (C=O) groups excluding carboxylic acids is 3. The SMILES string of the molecule is O=C(CCN1C(=O)CC2(CCCC2)C1=O)NCC1CC2C=CC1C2. The van der Waals surface area contributed by atoms with Crippen molar-refractivity contribution in [2.45, 2.75) is 51.4 Å². The third-order valence-corrected chi connectivity index (χ3v) is 6.59. The third kappa shape index (κ3) is 2.68. The van der Waals surface area contributed by atoms with Crippen LogP contribution in [-0.2, 0) is 14.4 Å². The second-order valence-electron chi connectivity index (χ2n) is 8.11. The van der Waals surface area contributed by atoms with Gasteiger partial charge in [0.2, 0.25) is 17.7 Å². The zero-order valence-electron chi connectivity index (χ0n) is 14.1. The van der Waals surface area contributed by atoms with E-state index in [9.17, 15) is 14.4 Å². The van der Waals surface area contributed by atoms with Crippen molar-refractivity contribution >= 4 is 17.7 Å². The van der Waals surface area contributed by atoms with Gasteiger partial charge in [0.05, 0.1) is 5.41 Å². The van der Waals surface area contributed by atoms with E-state index in [1.807, 2.05) is 0 Å². The molecule has 130 valence electrons. The largest absolute Gasteiger partial charge is 0.356 e. The fraction of sp³-hybridized carbons (Fsp3) is 0.737. The van der Waals surface area contributed by atoms with Gasteiger partial charge in [-0.3, -0.25) is 19.3 Å². The van der Waals surface area contributed by atoms with Gasteiger partial charge in [-0.15, -0.1) is 0 Å². The Morgan fingerprint density at radius 1 is 1.21 bits per heavy atom. The van der Waals surface area contributed by atoms with Crippen molar-refractivity contribution in [2.75, 3.05) is 13.1 Å². The lowest BCUT2D eigenvalue weighted by Gasteiger charge is -2.21. The molecule has 1 saturated heterocycles. The average Bonchev–Trinajstić information content (AvgIpc) is 3.32. The fourth-order valence-corrected chi connectivity index (χ4v) is 5.20. The topological polar surface area (TPSA) is 66.5 Å². The van der Waals surface area contributed by atoms with Crippen LogP contribution < -0.4 is 5.32 Å². The first-order valence-corrected chi connectivity index (χ1v) is 9.37. The summed E-state index contributed by atoms with van der Waals surface area (Å²) in [5.74, 6) is 1.72. The van der Waals surface area contributed by atoms with E-state index in [-0.39, 0.29) is 30.7 Å². The van der Waals surface area contributed by atoms with Gasteiger partial charge in [0.1, 0.15) is 0 Å². The highest BCUT2D eigenvalue weighted by molar-refractivity contribution is 6.06. The molecule has 3 fully saturated rings. The summed E-state index contributed by atoms with van der Waals surface area (Å²) in [4.78, 5) is 38.2. The highest BCUT2D eigenvalue weighted by Crippen LogP contribution is 2.47. The van der Waals surface area contributed by atoms with Crippen molar-refractivity contribution in [3.63, 3.8) is 0 Å². The van der Waals surface area contributed by atoms with Crippen molar-refractivity contribution in [3.8, 4) is 0 Å². The Hall–Kier alpha value is -1.65. The van der Waals surface area contributed by atoms with Crippen LogP contribution in [-0.4, -0.2) is 35.7 Å². The van der Waals surface area contributed by atoms with Crippen molar-refractivity contribution in [1.82, 2.24) is 10.2 Å². The lowest BCUT2D eigenvalue weighted by atomic mass is 9.84. The monoisotopic (exact) mass is 330 g/mol. The molecular weight excluding hydrogens is 304 g/mol. The third-order valence-electron chi connectivity index (χ3n) is 6.59. The number of allylic oxidation sites excluding steroid dienone is 2. The summed E-state index contributed by atoms with van der Waals surface area (Å²) in [6.07, 6.45) is 11.3. The first kappa shape index (κ1) is 15.9. The van der Waals surface area contributed by atoms with Gasteiger partial charge in [0, 0.05) is 25.9 Å². The molecule has 5 heteroatoms. The minimum atomic E-state index is -0.428. The number of carbonyl (C=O) groups is 3. The summed E-state index contributed by atoms with van der Waals surface area (Å²) < 4.78 is 0. The predicted molar refractivity (Wildman–Crippen MR) is 88.7 cm³/mol. The lowest BCUT2D eigenvalue weighted by molar-refractivity contribution is -0.141. The van der Waals surface area contributed by atoms with Crippen LogP contribution in [0.3, 0.4) is 0 Å². The molecule has 2 saturated carbocycles. The van der Waals surface area contributed by atoms with Gasteiger partial charge in [-0.05, 0) is 43.4 Å². The summed E-state index contributed by atoms with van der Waals surface area (Å²) >= 11 is 0. The maximum atomic E-state index is 12.6. The summed E-state index contributed by atoms with van der Waals surface area (Å²) in [5, 5.41) is 3.00. The molecule has 4 rings (SSSR count). The molecule has 5 nitrogen and oxygen atoms in total. The van der Waals surface area contributed by atoms with E-state index >= 15 is 0 Å². The number of hydrogen-bond donors (Lipinski definition) is 1. The summed E-state index contributed by atoms with van der Waals surface area (Å²) in [7, 11) is 0. The molecule has 1 heterocycles. The second kappa shape index (κ2) is 6.01. The van der Waals surface area contributed by atoms with Gasteiger partial charge in [-0.25, -0.2) is 0 Å². The van der Waals surface area contributed by atoms with E-state index in [1.165, 1.54) is 17.7 Å². The maximum absolute atomic E-state index is 12.6. The first-order chi connectivity index (χ1) is 11.6. The van der Waals surface area contributed by atoms with Crippen LogP contribution in [0.5, 0.6) is 0 Å². The normalized spacial score (nSPS) is 33.2. The Morgan fingerprint density at radius 2 is 2.00 bits per heavy atom. The number of likely N-dealkylation sites (tertiary alicyclic amines) is 1. The molecule has 3 atom stereocenters. The van der Waals surface area contributed by atoms with Crippen molar-refractivity contribution < 1.29 is 14.4 Å². The smallest absolute Gasteiger partial charge is 0.235 e. The number of nitrogens with one attached hydrogen (secondary N) is 1. The lowest BCUT2D eigenvalue weighted by Crippen LogP contribution is -2.38. The minimum absolute atomic E-state index is 0.0314. The van der Waals surface area contributed by atoms with Crippen LogP contribution in [0, 0.1) is 23.2 Å². The van der Waals surface area contributed by atoms with Crippen LogP contribution in [0.15, 0.2) is 12.2 Å². The van der Waals surface area contributed by atoms with Crippen molar-refractivity contribution in [2.24, 2.45) is 23.2 Å². The molecule has 3 amide bonds. The molecule has 0 aromatic rings. The summed E-state index contributed by atoms with van der Waals surface area (Å²) in [6.45, 7) is 0.956. The number of rotatable bonds is 5. The van der Waals surface area contributed by atoms with E-state index in [2.05, 4.69) is 17.5 Å². The van der Waals surface area contributed by atoms with E-state index in [0.29, 0.717) is 24.2 Å². The molecule has 0 radical (unpaired) electrons. The molecule has 2 bridgehead atoms. The highest BCUT2D eigenvalue weighted by atomic mass is 16.2. The minimum Gasteiger partial charge on any atom is -0.356 e. The molecular formula is C19H26N2O3. The number of nitrogens with zero attached hydrogens (tertiary/aromatic N) is 1.